The fraction of sp³-hybridized carbons (Fsp3) is 0.500. The predicted octanol–water partition coefficient (Wildman–Crippen LogP) is 3.75. The molecule has 0 saturated heterocycles. The molecule has 0 amide bonds. The molecule has 0 fully saturated rings. The molecule has 18 heavy (non-hydrogen) atoms. The minimum absolute atomic E-state index is 0.0326. The highest BCUT2D eigenvalue weighted by Gasteiger charge is 2.38. The Morgan fingerprint density at radius 2 is 1.78 bits per heavy atom. The highest BCUT2D eigenvalue weighted by molar-refractivity contribution is 9.10. The van der Waals surface area contributed by atoms with Crippen molar-refractivity contribution in [3.8, 4) is 5.75 Å². The van der Waals surface area contributed by atoms with E-state index in [2.05, 4.69) is 15.9 Å². The Morgan fingerprint density at radius 3 is 2.17 bits per heavy atom. The van der Waals surface area contributed by atoms with Crippen LogP contribution in [0, 0.1) is 0 Å². The molecule has 0 atom stereocenters. The topological polar surface area (TPSA) is 29.5 Å². The summed E-state index contributed by atoms with van der Waals surface area (Å²) in [6, 6.07) is 2.29. The fourth-order valence-corrected chi connectivity index (χ4v) is 2.09. The quantitative estimate of drug-likeness (QED) is 0.916. The molecule has 0 bridgehead atoms. The van der Waals surface area contributed by atoms with E-state index in [0.717, 1.165) is 6.07 Å². The van der Waals surface area contributed by atoms with E-state index < -0.39 is 17.2 Å². The lowest BCUT2D eigenvalue weighted by atomic mass is 9.82. The summed E-state index contributed by atoms with van der Waals surface area (Å²) in [5.74, 6) is 0.111. The monoisotopic (exact) mass is 326 g/mol. The van der Waals surface area contributed by atoms with Crippen molar-refractivity contribution in [2.45, 2.75) is 25.4 Å². The van der Waals surface area contributed by atoms with Crippen LogP contribution in [0.4, 0.5) is 13.2 Å². The van der Waals surface area contributed by atoms with Crippen LogP contribution in [0.15, 0.2) is 16.6 Å². The Hall–Kier alpha value is -0.750. The molecule has 0 heterocycles. The number of benzene rings is 1. The van der Waals surface area contributed by atoms with Crippen LogP contribution >= 0.6 is 15.9 Å². The first-order valence-electron chi connectivity index (χ1n) is 5.19. The van der Waals surface area contributed by atoms with Crippen LogP contribution in [0.1, 0.15) is 25.0 Å². The van der Waals surface area contributed by atoms with Gasteiger partial charge in [-0.25, -0.2) is 0 Å². The van der Waals surface area contributed by atoms with Gasteiger partial charge in [0.15, 0.2) is 0 Å². The van der Waals surface area contributed by atoms with E-state index in [1.165, 1.54) is 13.2 Å². The van der Waals surface area contributed by atoms with Gasteiger partial charge in [-0.05, 0) is 33.6 Å². The van der Waals surface area contributed by atoms with E-state index in [0.29, 0.717) is 4.47 Å². The lowest BCUT2D eigenvalue weighted by molar-refractivity contribution is -0.139. The summed E-state index contributed by atoms with van der Waals surface area (Å²) in [6.07, 6.45) is -4.49. The first-order valence-corrected chi connectivity index (χ1v) is 5.99. The summed E-state index contributed by atoms with van der Waals surface area (Å²) in [7, 11) is 1.30. The van der Waals surface area contributed by atoms with E-state index in [-0.39, 0.29) is 17.9 Å². The summed E-state index contributed by atoms with van der Waals surface area (Å²) in [4.78, 5) is 0. The molecule has 1 rings (SSSR count). The lowest BCUT2D eigenvalue weighted by Crippen LogP contribution is -2.26. The Morgan fingerprint density at radius 1 is 1.22 bits per heavy atom. The van der Waals surface area contributed by atoms with Gasteiger partial charge in [-0.3, -0.25) is 0 Å². The maximum Gasteiger partial charge on any atom is 0.416 e. The van der Waals surface area contributed by atoms with Crippen LogP contribution in [0.2, 0.25) is 0 Å². The van der Waals surface area contributed by atoms with Gasteiger partial charge >= 0.3 is 6.18 Å². The third kappa shape index (κ3) is 2.98. The summed E-state index contributed by atoms with van der Waals surface area (Å²) < 4.78 is 44.3. The summed E-state index contributed by atoms with van der Waals surface area (Å²) >= 11 is 3.16. The molecule has 1 N–H and O–H groups in total. The Labute approximate surface area is 112 Å². The highest BCUT2D eigenvalue weighted by atomic mass is 79.9. The van der Waals surface area contributed by atoms with Crippen molar-refractivity contribution < 1.29 is 23.0 Å². The number of rotatable bonds is 3. The van der Waals surface area contributed by atoms with Gasteiger partial charge < -0.3 is 9.84 Å². The molecule has 6 heteroatoms. The molecule has 0 spiro atoms. The predicted molar refractivity (Wildman–Crippen MR) is 65.8 cm³/mol. The molecular formula is C12H14BrF3O2. The van der Waals surface area contributed by atoms with Crippen molar-refractivity contribution in [2.75, 3.05) is 13.7 Å². The van der Waals surface area contributed by atoms with Crippen molar-refractivity contribution >= 4 is 15.9 Å². The maximum absolute atomic E-state index is 13.0. The lowest BCUT2D eigenvalue weighted by Gasteiger charge is -2.27. The first-order chi connectivity index (χ1) is 8.13. The fourth-order valence-electron chi connectivity index (χ4n) is 1.59. The highest BCUT2D eigenvalue weighted by Crippen LogP contribution is 2.42. The molecule has 0 unspecified atom stereocenters. The third-order valence-electron chi connectivity index (χ3n) is 2.72. The van der Waals surface area contributed by atoms with Crippen LogP contribution in [0.3, 0.4) is 0 Å². The number of methoxy groups -OCH3 is 1. The maximum atomic E-state index is 13.0. The van der Waals surface area contributed by atoms with Gasteiger partial charge in [-0.15, -0.1) is 0 Å². The van der Waals surface area contributed by atoms with Crippen LogP contribution in [0.5, 0.6) is 5.75 Å². The van der Waals surface area contributed by atoms with Gasteiger partial charge in [-0.2, -0.15) is 13.2 Å². The second-order valence-corrected chi connectivity index (χ2v) is 5.43. The van der Waals surface area contributed by atoms with Gasteiger partial charge in [0, 0.05) is 5.41 Å². The molecule has 0 aromatic heterocycles. The van der Waals surface area contributed by atoms with Gasteiger partial charge in [0.2, 0.25) is 0 Å². The van der Waals surface area contributed by atoms with E-state index in [9.17, 15) is 18.3 Å². The molecule has 0 aliphatic rings. The van der Waals surface area contributed by atoms with Gasteiger partial charge in [0.25, 0.3) is 0 Å². The van der Waals surface area contributed by atoms with Gasteiger partial charge in [-0.1, -0.05) is 13.8 Å². The molecule has 0 aliphatic heterocycles. The van der Waals surface area contributed by atoms with Crippen LogP contribution in [-0.4, -0.2) is 18.8 Å². The summed E-state index contributed by atoms with van der Waals surface area (Å²) in [5.41, 5.74) is -1.74. The number of ether oxygens (including phenoxy) is 1. The molecule has 1 aromatic carbocycles. The van der Waals surface area contributed by atoms with Gasteiger partial charge in [0.05, 0.1) is 23.8 Å². The van der Waals surface area contributed by atoms with E-state index in [4.69, 9.17) is 4.74 Å². The zero-order chi connectivity index (χ0) is 14.1. The van der Waals surface area contributed by atoms with Crippen molar-refractivity contribution in [1.82, 2.24) is 0 Å². The summed E-state index contributed by atoms with van der Waals surface area (Å²) in [5, 5.41) is 9.24. The minimum Gasteiger partial charge on any atom is -0.496 e. The smallest absolute Gasteiger partial charge is 0.416 e. The van der Waals surface area contributed by atoms with Crippen molar-refractivity contribution in [1.29, 1.82) is 0 Å². The first kappa shape index (κ1) is 15.3. The normalized spacial score (nSPS) is 12.7. The molecule has 1 aromatic rings. The van der Waals surface area contributed by atoms with Crippen molar-refractivity contribution in [2.24, 2.45) is 0 Å². The average Bonchev–Trinajstić information content (AvgIpc) is 2.27. The Kier molecular flexibility index (Phi) is 4.33. The molecule has 0 saturated carbocycles. The summed E-state index contributed by atoms with van der Waals surface area (Å²) in [6.45, 7) is 2.72. The largest absolute Gasteiger partial charge is 0.496 e. The molecule has 0 aliphatic carbocycles. The average molecular weight is 327 g/mol. The Bertz CT molecular complexity index is 442. The SMILES string of the molecule is COc1cc(C(F)(F)F)c(C(C)(C)CO)cc1Br. The standard InChI is InChI=1S/C12H14BrF3O2/c1-11(2,6-17)7-4-9(13)10(18-3)5-8(7)12(14,15)16/h4-5,17H,6H2,1-3H3. The molecule has 2 nitrogen and oxygen atoms in total. The molecule has 0 radical (unpaired) electrons. The Balaban J connectivity index is 3.55. The molecular weight excluding hydrogens is 313 g/mol. The number of aliphatic hydroxyl groups excluding tert-OH is 1. The van der Waals surface area contributed by atoms with E-state index in [1.807, 2.05) is 0 Å². The van der Waals surface area contributed by atoms with Gasteiger partial charge in [0.1, 0.15) is 5.75 Å². The number of alkyl halides is 3. The number of aliphatic hydroxyl groups is 1. The number of hydrogen-bond acceptors (Lipinski definition) is 2. The van der Waals surface area contributed by atoms with Crippen LogP contribution < -0.4 is 4.74 Å². The van der Waals surface area contributed by atoms with Crippen LogP contribution in [-0.2, 0) is 11.6 Å². The zero-order valence-corrected chi connectivity index (χ0v) is 11.8. The minimum atomic E-state index is -4.49. The zero-order valence-electron chi connectivity index (χ0n) is 10.2. The van der Waals surface area contributed by atoms with Crippen molar-refractivity contribution in [3.05, 3.63) is 27.7 Å². The number of halogens is 4. The van der Waals surface area contributed by atoms with Crippen LogP contribution in [0.25, 0.3) is 0 Å². The second kappa shape index (κ2) is 5.09. The number of hydrogen-bond donors (Lipinski definition) is 1. The van der Waals surface area contributed by atoms with E-state index >= 15 is 0 Å². The third-order valence-corrected chi connectivity index (χ3v) is 3.34. The second-order valence-electron chi connectivity index (χ2n) is 4.57. The molecule has 102 valence electrons. The van der Waals surface area contributed by atoms with E-state index in [1.54, 1.807) is 13.8 Å². The van der Waals surface area contributed by atoms with Crippen molar-refractivity contribution in [3.63, 3.8) is 0 Å².